The second-order valence-corrected chi connectivity index (χ2v) is 5.15. The smallest absolute Gasteiger partial charge is 0.350 e. The Labute approximate surface area is 120 Å². The molecule has 0 spiro atoms. The first-order valence-corrected chi connectivity index (χ1v) is 6.48. The van der Waals surface area contributed by atoms with Gasteiger partial charge in [0.05, 0.1) is 17.2 Å². The van der Waals surface area contributed by atoms with Crippen molar-refractivity contribution >= 4 is 19.7 Å². The van der Waals surface area contributed by atoms with E-state index in [0.29, 0.717) is 26.2 Å². The number of carbonyl (C=O) groups excluding carboxylic acids is 1. The van der Waals surface area contributed by atoms with E-state index in [4.69, 9.17) is 7.98 Å². The van der Waals surface area contributed by atoms with E-state index in [2.05, 4.69) is 10.3 Å². The molecule has 3 heterocycles. The van der Waals surface area contributed by atoms with E-state index in [-0.39, 0.29) is 17.4 Å². The van der Waals surface area contributed by atoms with Gasteiger partial charge in [-0.05, 0) is 6.07 Å². The molecule has 5 nitrogen and oxygen atoms in total. The van der Waals surface area contributed by atoms with Crippen LogP contribution < -0.4 is 10.2 Å². The van der Waals surface area contributed by atoms with Crippen LogP contribution in [0.5, 0.6) is 0 Å². The second kappa shape index (κ2) is 4.90. The van der Waals surface area contributed by atoms with Gasteiger partial charge >= 0.3 is 6.18 Å². The Hall–Kier alpha value is -1.77. The van der Waals surface area contributed by atoms with Gasteiger partial charge in [0.25, 0.3) is 5.91 Å². The van der Waals surface area contributed by atoms with Gasteiger partial charge in [-0.3, -0.25) is 4.79 Å². The standard InChI is InChI=1S/C12H12BF3N4O/c13-19-1-2-20-8(6-19)5-18-11(21)9-3-7(12(14,15)16)4-17-10(9)20/h3-4,8H,1-2,5-6H2,(H,18,21). The molecular weight excluding hydrogens is 284 g/mol. The predicted molar refractivity (Wildman–Crippen MR) is 70.0 cm³/mol. The third kappa shape index (κ3) is 2.57. The number of nitrogens with zero attached hydrogens (tertiary/aromatic N) is 3. The number of anilines is 1. The molecule has 3 rings (SSSR count). The number of carbonyl (C=O) groups is 1. The highest BCUT2D eigenvalue weighted by Crippen LogP contribution is 2.33. The van der Waals surface area contributed by atoms with Crippen LogP contribution in [-0.2, 0) is 6.18 Å². The molecule has 21 heavy (non-hydrogen) atoms. The van der Waals surface area contributed by atoms with Gasteiger partial charge in [-0.15, -0.1) is 0 Å². The van der Waals surface area contributed by atoms with E-state index < -0.39 is 17.6 Å². The summed E-state index contributed by atoms with van der Waals surface area (Å²) in [5, 5.41) is 2.63. The van der Waals surface area contributed by atoms with Crippen LogP contribution in [0.15, 0.2) is 12.3 Å². The molecule has 1 saturated heterocycles. The summed E-state index contributed by atoms with van der Waals surface area (Å²) in [6.45, 7) is 1.92. The Kier molecular flexibility index (Phi) is 3.31. The highest BCUT2D eigenvalue weighted by molar-refractivity contribution is 6.04. The normalized spacial score (nSPS) is 23.1. The molecule has 0 aromatic carbocycles. The minimum Gasteiger partial charge on any atom is -0.350 e. The summed E-state index contributed by atoms with van der Waals surface area (Å²) in [7, 11) is 5.75. The van der Waals surface area contributed by atoms with Crippen molar-refractivity contribution in [1.82, 2.24) is 15.1 Å². The highest BCUT2D eigenvalue weighted by Gasteiger charge is 2.36. The number of piperazine rings is 1. The SMILES string of the molecule is [B]N1CCN2c3ncc(C(F)(F)F)cc3C(=O)NCC2C1. The van der Waals surface area contributed by atoms with Crippen LogP contribution in [-0.4, -0.2) is 55.9 Å². The molecule has 1 fully saturated rings. The van der Waals surface area contributed by atoms with Crippen LogP contribution in [0, 0.1) is 0 Å². The zero-order valence-electron chi connectivity index (χ0n) is 11.0. The lowest BCUT2D eigenvalue weighted by atomic mass is 10.1. The maximum absolute atomic E-state index is 12.8. The Morgan fingerprint density at radius 3 is 2.86 bits per heavy atom. The maximum Gasteiger partial charge on any atom is 0.417 e. The van der Waals surface area contributed by atoms with Crippen LogP contribution in [0.3, 0.4) is 0 Å². The summed E-state index contributed by atoms with van der Waals surface area (Å²) in [4.78, 5) is 19.4. The summed E-state index contributed by atoms with van der Waals surface area (Å²) >= 11 is 0. The average Bonchev–Trinajstić information content (AvgIpc) is 2.55. The lowest BCUT2D eigenvalue weighted by Crippen LogP contribution is -2.55. The molecule has 9 heteroatoms. The molecule has 2 radical (unpaired) electrons. The zero-order chi connectivity index (χ0) is 15.2. The van der Waals surface area contributed by atoms with Crippen LogP contribution in [0.25, 0.3) is 0 Å². The number of halogens is 3. The Balaban J connectivity index is 2.04. The molecule has 110 valence electrons. The fourth-order valence-electron chi connectivity index (χ4n) is 2.65. The van der Waals surface area contributed by atoms with E-state index in [1.54, 1.807) is 4.81 Å². The van der Waals surface area contributed by atoms with Crippen molar-refractivity contribution in [3.8, 4) is 0 Å². The molecule has 1 atom stereocenters. The summed E-state index contributed by atoms with van der Waals surface area (Å²) in [5.41, 5.74) is -0.967. The van der Waals surface area contributed by atoms with Crippen LogP contribution in [0.2, 0.25) is 0 Å². The number of nitrogens with one attached hydrogen (secondary N) is 1. The van der Waals surface area contributed by atoms with Crippen LogP contribution in [0.4, 0.5) is 19.0 Å². The van der Waals surface area contributed by atoms with E-state index in [0.717, 1.165) is 12.3 Å². The van der Waals surface area contributed by atoms with Gasteiger partial charge in [0.1, 0.15) is 5.82 Å². The van der Waals surface area contributed by atoms with Gasteiger partial charge < -0.3 is 15.0 Å². The lowest BCUT2D eigenvalue weighted by molar-refractivity contribution is -0.137. The molecular formula is C12H12BF3N4O. The Bertz CT molecular complexity index is 580. The topological polar surface area (TPSA) is 48.5 Å². The fourth-order valence-corrected chi connectivity index (χ4v) is 2.65. The van der Waals surface area contributed by atoms with E-state index in [1.807, 2.05) is 4.90 Å². The number of amides is 1. The number of rotatable bonds is 0. The molecule has 2 aliphatic heterocycles. The molecule has 1 unspecified atom stereocenters. The summed E-state index contributed by atoms with van der Waals surface area (Å²) in [5.74, 6) is -0.252. The molecule has 0 aliphatic carbocycles. The molecule has 1 aromatic heterocycles. The highest BCUT2D eigenvalue weighted by atomic mass is 19.4. The van der Waals surface area contributed by atoms with Gasteiger partial charge in [0.2, 0.25) is 0 Å². The maximum atomic E-state index is 12.8. The van der Waals surface area contributed by atoms with Crippen LogP contribution >= 0.6 is 0 Å². The first-order valence-electron chi connectivity index (χ1n) is 6.48. The molecule has 1 N–H and O–H groups in total. The summed E-state index contributed by atoms with van der Waals surface area (Å²) in [6, 6.07) is 0.757. The van der Waals surface area contributed by atoms with Crippen LogP contribution in [0.1, 0.15) is 15.9 Å². The van der Waals surface area contributed by atoms with Crippen molar-refractivity contribution in [3.63, 3.8) is 0 Å². The fraction of sp³-hybridized carbons (Fsp3) is 0.500. The number of pyridine rings is 1. The average molecular weight is 296 g/mol. The van der Waals surface area contributed by atoms with Crippen molar-refractivity contribution < 1.29 is 18.0 Å². The van der Waals surface area contributed by atoms with Crippen molar-refractivity contribution in [1.29, 1.82) is 0 Å². The molecule has 1 amide bonds. The number of hydrogen-bond donors (Lipinski definition) is 1. The first kappa shape index (κ1) is 14.2. The van der Waals surface area contributed by atoms with Crippen molar-refractivity contribution in [2.24, 2.45) is 0 Å². The molecule has 0 bridgehead atoms. The quantitative estimate of drug-likeness (QED) is 0.705. The largest absolute Gasteiger partial charge is 0.417 e. The van der Waals surface area contributed by atoms with Gasteiger partial charge in [-0.2, -0.15) is 13.2 Å². The number of fused-ring (bicyclic) bond motifs is 3. The Morgan fingerprint density at radius 1 is 1.38 bits per heavy atom. The summed E-state index contributed by atoms with van der Waals surface area (Å²) < 4.78 is 38.3. The van der Waals surface area contributed by atoms with E-state index in [1.165, 1.54) is 0 Å². The van der Waals surface area contributed by atoms with E-state index >= 15 is 0 Å². The molecule has 0 saturated carbocycles. The van der Waals surface area contributed by atoms with Gasteiger partial charge in [-0.1, -0.05) is 0 Å². The third-order valence-corrected chi connectivity index (χ3v) is 3.72. The Morgan fingerprint density at radius 2 is 2.14 bits per heavy atom. The van der Waals surface area contributed by atoms with E-state index in [9.17, 15) is 18.0 Å². The minimum atomic E-state index is -4.52. The van der Waals surface area contributed by atoms with Gasteiger partial charge in [0.15, 0.2) is 7.98 Å². The molecule has 2 aliphatic rings. The lowest BCUT2D eigenvalue weighted by Gasteiger charge is -2.40. The van der Waals surface area contributed by atoms with Crippen molar-refractivity contribution in [2.75, 3.05) is 31.1 Å². The number of hydrogen-bond acceptors (Lipinski definition) is 4. The van der Waals surface area contributed by atoms with Crippen molar-refractivity contribution in [3.05, 3.63) is 23.4 Å². The monoisotopic (exact) mass is 296 g/mol. The number of alkyl halides is 3. The predicted octanol–water partition coefficient (Wildman–Crippen LogP) is 0.418. The summed E-state index contributed by atoms with van der Waals surface area (Å²) in [6.07, 6.45) is -3.76. The van der Waals surface area contributed by atoms with Crippen molar-refractivity contribution in [2.45, 2.75) is 12.2 Å². The minimum absolute atomic E-state index is 0.0437. The first-order chi connectivity index (χ1) is 9.86. The van der Waals surface area contributed by atoms with Gasteiger partial charge in [0, 0.05) is 32.4 Å². The molecule has 1 aromatic rings. The van der Waals surface area contributed by atoms with Gasteiger partial charge in [-0.25, -0.2) is 4.98 Å². The number of aromatic nitrogens is 1. The zero-order valence-corrected chi connectivity index (χ0v) is 11.0. The third-order valence-electron chi connectivity index (χ3n) is 3.72. The second-order valence-electron chi connectivity index (χ2n) is 5.15.